The minimum absolute atomic E-state index is 0.00469. The minimum atomic E-state index is 0.00469. The third kappa shape index (κ3) is 3.25. The summed E-state index contributed by atoms with van der Waals surface area (Å²) in [5.74, 6) is 0.871. The molecule has 2 aromatic rings. The van der Waals surface area contributed by atoms with Crippen LogP contribution in [0.5, 0.6) is 5.75 Å². The van der Waals surface area contributed by atoms with Crippen LogP contribution in [0, 0.1) is 11.3 Å². The second kappa shape index (κ2) is 6.01. The molecule has 0 aliphatic carbocycles. The molecule has 0 saturated heterocycles. The Bertz CT molecular complexity index is 659. The molecule has 1 aromatic heterocycles. The number of ether oxygens (including phenoxy) is 1. The summed E-state index contributed by atoms with van der Waals surface area (Å²) in [4.78, 5) is 0. The first-order valence-electron chi connectivity index (χ1n) is 7.05. The number of nitrogens with zero attached hydrogens (tertiary/aromatic N) is 3. The Balaban J connectivity index is 2.45. The molecule has 1 heterocycles. The highest BCUT2D eigenvalue weighted by Crippen LogP contribution is 2.38. The maximum atomic E-state index is 8.65. The molecule has 0 unspecified atom stereocenters. The van der Waals surface area contributed by atoms with Crippen LogP contribution in [0.25, 0.3) is 11.3 Å². The van der Waals surface area contributed by atoms with Gasteiger partial charge in [-0.1, -0.05) is 32.9 Å². The number of hydrogen-bond donors (Lipinski definition) is 0. The second-order valence-corrected chi connectivity index (χ2v) is 6.01. The van der Waals surface area contributed by atoms with Crippen LogP contribution in [0.3, 0.4) is 0 Å². The largest absolute Gasteiger partial charge is 0.496 e. The Morgan fingerprint density at radius 1 is 1.29 bits per heavy atom. The van der Waals surface area contributed by atoms with E-state index < -0.39 is 0 Å². The molecule has 0 saturated carbocycles. The molecule has 21 heavy (non-hydrogen) atoms. The summed E-state index contributed by atoms with van der Waals surface area (Å²) in [7, 11) is 1.70. The third-order valence-corrected chi connectivity index (χ3v) is 3.40. The molecule has 4 nitrogen and oxygen atoms in total. The van der Waals surface area contributed by atoms with E-state index in [1.165, 1.54) is 0 Å². The van der Waals surface area contributed by atoms with Crippen LogP contribution in [-0.2, 0) is 12.0 Å². The van der Waals surface area contributed by atoms with Gasteiger partial charge in [0.25, 0.3) is 0 Å². The lowest BCUT2D eigenvalue weighted by molar-refractivity contribution is 0.399. The molecule has 0 spiro atoms. The van der Waals surface area contributed by atoms with E-state index in [4.69, 9.17) is 10.00 Å². The van der Waals surface area contributed by atoms with E-state index in [1.807, 2.05) is 24.4 Å². The normalized spacial score (nSPS) is 11.2. The average molecular weight is 283 g/mol. The highest BCUT2D eigenvalue weighted by Gasteiger charge is 2.22. The van der Waals surface area contributed by atoms with E-state index in [-0.39, 0.29) is 5.41 Å². The summed E-state index contributed by atoms with van der Waals surface area (Å²) in [5.41, 5.74) is 3.02. The maximum absolute atomic E-state index is 8.65. The summed E-state index contributed by atoms with van der Waals surface area (Å²) in [6.45, 7) is 7.11. The highest BCUT2D eigenvalue weighted by molar-refractivity contribution is 5.69. The SMILES string of the molecule is COc1c(-c2ccn(CCC#N)n2)cccc1C(C)(C)C. The molecule has 110 valence electrons. The first-order chi connectivity index (χ1) is 9.97. The zero-order valence-corrected chi connectivity index (χ0v) is 13.1. The molecular weight excluding hydrogens is 262 g/mol. The summed E-state index contributed by atoms with van der Waals surface area (Å²) in [6, 6.07) is 10.2. The van der Waals surface area contributed by atoms with Gasteiger partial charge in [-0.25, -0.2) is 0 Å². The predicted molar refractivity (Wildman–Crippen MR) is 83.1 cm³/mol. The van der Waals surface area contributed by atoms with E-state index in [9.17, 15) is 0 Å². The van der Waals surface area contributed by atoms with Crippen LogP contribution < -0.4 is 4.74 Å². The number of nitriles is 1. The smallest absolute Gasteiger partial charge is 0.132 e. The second-order valence-electron chi connectivity index (χ2n) is 6.01. The van der Waals surface area contributed by atoms with Gasteiger partial charge in [0.2, 0.25) is 0 Å². The number of benzene rings is 1. The average Bonchev–Trinajstić information content (AvgIpc) is 2.91. The van der Waals surface area contributed by atoms with E-state index in [2.05, 4.69) is 38.0 Å². The lowest BCUT2D eigenvalue weighted by atomic mass is 9.85. The van der Waals surface area contributed by atoms with Crippen molar-refractivity contribution in [3.63, 3.8) is 0 Å². The fraction of sp³-hybridized carbons (Fsp3) is 0.412. The minimum Gasteiger partial charge on any atom is -0.496 e. The standard InChI is InChI=1S/C17H21N3O/c1-17(2,3)14-8-5-7-13(16(14)21-4)15-9-12-20(19-15)11-6-10-18/h5,7-9,12H,6,11H2,1-4H3. The van der Waals surface area contributed by atoms with Gasteiger partial charge in [-0.05, 0) is 17.5 Å². The molecule has 0 N–H and O–H groups in total. The van der Waals surface area contributed by atoms with Crippen molar-refractivity contribution in [3.8, 4) is 23.1 Å². The Kier molecular flexibility index (Phi) is 4.32. The van der Waals surface area contributed by atoms with Crippen molar-refractivity contribution in [2.24, 2.45) is 0 Å². The Labute approximate surface area is 126 Å². The molecule has 0 fully saturated rings. The molecule has 0 aliphatic heterocycles. The van der Waals surface area contributed by atoms with Crippen molar-refractivity contribution in [2.45, 2.75) is 39.2 Å². The summed E-state index contributed by atoms with van der Waals surface area (Å²) in [5, 5.41) is 13.2. The van der Waals surface area contributed by atoms with Crippen molar-refractivity contribution >= 4 is 0 Å². The molecule has 1 aromatic carbocycles. The van der Waals surface area contributed by atoms with Gasteiger partial charge in [-0.3, -0.25) is 4.68 Å². The molecule has 0 aliphatic rings. The van der Waals surface area contributed by atoms with Crippen LogP contribution >= 0.6 is 0 Å². The van der Waals surface area contributed by atoms with Crippen LogP contribution in [0.4, 0.5) is 0 Å². The fourth-order valence-corrected chi connectivity index (χ4v) is 2.34. The Morgan fingerprint density at radius 3 is 2.67 bits per heavy atom. The van der Waals surface area contributed by atoms with Gasteiger partial charge in [0.05, 0.1) is 31.8 Å². The van der Waals surface area contributed by atoms with Crippen molar-refractivity contribution in [1.29, 1.82) is 5.26 Å². The van der Waals surface area contributed by atoms with E-state index >= 15 is 0 Å². The number of methoxy groups -OCH3 is 1. The Hall–Kier alpha value is -2.28. The van der Waals surface area contributed by atoms with Gasteiger partial charge in [-0.15, -0.1) is 0 Å². The molecule has 4 heteroatoms. The quantitative estimate of drug-likeness (QED) is 0.858. The molecule has 2 rings (SSSR count). The number of para-hydroxylation sites is 1. The molecular formula is C17H21N3O. The highest BCUT2D eigenvalue weighted by atomic mass is 16.5. The van der Waals surface area contributed by atoms with Crippen molar-refractivity contribution < 1.29 is 4.74 Å². The lowest BCUT2D eigenvalue weighted by Crippen LogP contribution is -2.13. The summed E-state index contributed by atoms with van der Waals surface area (Å²) < 4.78 is 7.44. The number of hydrogen-bond acceptors (Lipinski definition) is 3. The predicted octanol–water partition coefficient (Wildman–Crippen LogP) is 3.77. The van der Waals surface area contributed by atoms with Gasteiger partial charge < -0.3 is 4.74 Å². The van der Waals surface area contributed by atoms with Gasteiger partial charge in [0.1, 0.15) is 5.75 Å². The van der Waals surface area contributed by atoms with Crippen molar-refractivity contribution in [3.05, 3.63) is 36.0 Å². The molecule has 0 atom stereocenters. The summed E-state index contributed by atoms with van der Waals surface area (Å²) in [6.07, 6.45) is 2.36. The first kappa shape index (κ1) is 15.1. The lowest BCUT2D eigenvalue weighted by Gasteiger charge is -2.23. The van der Waals surface area contributed by atoms with Crippen LogP contribution in [-0.4, -0.2) is 16.9 Å². The van der Waals surface area contributed by atoms with Crippen LogP contribution in [0.15, 0.2) is 30.5 Å². The van der Waals surface area contributed by atoms with Gasteiger partial charge in [0.15, 0.2) is 0 Å². The van der Waals surface area contributed by atoms with Crippen molar-refractivity contribution in [1.82, 2.24) is 9.78 Å². The summed E-state index contributed by atoms with van der Waals surface area (Å²) >= 11 is 0. The molecule has 0 radical (unpaired) electrons. The third-order valence-electron chi connectivity index (χ3n) is 3.40. The zero-order valence-electron chi connectivity index (χ0n) is 13.1. The topological polar surface area (TPSA) is 50.8 Å². The zero-order chi connectivity index (χ0) is 15.5. The first-order valence-corrected chi connectivity index (χ1v) is 7.05. The molecule has 0 amide bonds. The maximum Gasteiger partial charge on any atom is 0.132 e. The fourth-order valence-electron chi connectivity index (χ4n) is 2.34. The van der Waals surface area contributed by atoms with Crippen LogP contribution in [0.1, 0.15) is 32.8 Å². The number of aromatic nitrogens is 2. The Morgan fingerprint density at radius 2 is 2.05 bits per heavy atom. The monoisotopic (exact) mass is 283 g/mol. The van der Waals surface area contributed by atoms with E-state index in [0.717, 1.165) is 22.6 Å². The molecule has 0 bridgehead atoms. The van der Waals surface area contributed by atoms with E-state index in [0.29, 0.717) is 13.0 Å². The van der Waals surface area contributed by atoms with Gasteiger partial charge in [0, 0.05) is 17.3 Å². The van der Waals surface area contributed by atoms with E-state index in [1.54, 1.807) is 11.8 Å². The number of rotatable bonds is 4. The van der Waals surface area contributed by atoms with Gasteiger partial charge >= 0.3 is 0 Å². The van der Waals surface area contributed by atoms with Crippen LogP contribution in [0.2, 0.25) is 0 Å². The number of aryl methyl sites for hydroxylation is 1. The van der Waals surface area contributed by atoms with Gasteiger partial charge in [-0.2, -0.15) is 10.4 Å². The van der Waals surface area contributed by atoms with Crippen molar-refractivity contribution in [2.75, 3.05) is 7.11 Å².